The van der Waals surface area contributed by atoms with Gasteiger partial charge < -0.3 is 5.32 Å². The smallest absolute Gasteiger partial charge is 0.166 e. The van der Waals surface area contributed by atoms with E-state index in [9.17, 15) is 4.39 Å². The lowest BCUT2D eigenvalue weighted by Crippen LogP contribution is -2.03. The normalized spacial score (nSPS) is 10.8. The maximum atomic E-state index is 13.8. The number of thiophene rings is 1. The molecule has 0 aliphatic rings. The van der Waals surface area contributed by atoms with Gasteiger partial charge in [0.05, 0.1) is 10.2 Å². The molecule has 0 radical (unpaired) electrons. The molecule has 3 aromatic heterocycles. The fourth-order valence-electron chi connectivity index (χ4n) is 3.07. The third-order valence-electron chi connectivity index (χ3n) is 4.15. The van der Waals surface area contributed by atoms with Gasteiger partial charge in [0, 0.05) is 30.2 Å². The molecule has 4 aromatic rings. The van der Waals surface area contributed by atoms with Crippen LogP contribution in [0.2, 0.25) is 0 Å². The summed E-state index contributed by atoms with van der Waals surface area (Å²) in [7, 11) is 1.93. The van der Waals surface area contributed by atoms with Crippen LogP contribution in [0.1, 0.15) is 30.7 Å². The van der Waals surface area contributed by atoms with Gasteiger partial charge in [-0.2, -0.15) is 5.10 Å². The largest absolute Gasteiger partial charge is 0.363 e. The second-order valence-corrected chi connectivity index (χ2v) is 6.96. The Labute approximate surface area is 156 Å². The van der Waals surface area contributed by atoms with Crippen LogP contribution in [0.25, 0.3) is 20.4 Å². The Morgan fingerprint density at radius 1 is 1.19 bits per heavy atom. The van der Waals surface area contributed by atoms with Crippen molar-refractivity contribution in [3.05, 3.63) is 53.0 Å². The van der Waals surface area contributed by atoms with Gasteiger partial charge in [-0.15, -0.1) is 11.3 Å². The van der Waals surface area contributed by atoms with Gasteiger partial charge >= 0.3 is 0 Å². The molecule has 4 rings (SSSR count). The van der Waals surface area contributed by atoms with Gasteiger partial charge in [-0.25, -0.2) is 9.37 Å². The molecule has 0 amide bonds. The molecule has 0 fully saturated rings. The average Bonchev–Trinajstić information content (AvgIpc) is 3.14. The Morgan fingerprint density at radius 2 is 1.92 bits per heavy atom. The first kappa shape index (κ1) is 18.3. The second kappa shape index (κ2) is 7.41. The van der Waals surface area contributed by atoms with E-state index in [2.05, 4.69) is 28.4 Å². The summed E-state index contributed by atoms with van der Waals surface area (Å²) in [5.41, 5.74) is 3.92. The van der Waals surface area contributed by atoms with E-state index in [0.717, 1.165) is 31.9 Å². The van der Waals surface area contributed by atoms with Gasteiger partial charge in [0.25, 0.3) is 0 Å². The van der Waals surface area contributed by atoms with Crippen molar-refractivity contribution >= 4 is 37.6 Å². The maximum Gasteiger partial charge on any atom is 0.166 e. The molecule has 1 N–H and O–H groups in total. The first-order valence-electron chi connectivity index (χ1n) is 8.75. The fourth-order valence-corrected chi connectivity index (χ4v) is 4.36. The molecule has 0 saturated carbocycles. The number of hydrogen-bond donors (Lipinski definition) is 1. The number of nitrogens with zero attached hydrogens (tertiary/aromatic N) is 3. The van der Waals surface area contributed by atoms with Gasteiger partial charge in [-0.1, -0.05) is 32.0 Å². The van der Waals surface area contributed by atoms with E-state index in [1.807, 2.05) is 38.6 Å². The zero-order valence-electron chi connectivity index (χ0n) is 15.7. The summed E-state index contributed by atoms with van der Waals surface area (Å²) in [4.78, 5) is 5.67. The third kappa shape index (κ3) is 3.17. The topological polar surface area (TPSA) is 42.7 Å². The SMILES string of the molecule is CC.Cc1cc(C)c2c(n1)sc1c(NCc3ccccc3F)nn(C)c12. The molecular formula is C20H23FN4S. The van der Waals surface area contributed by atoms with E-state index in [1.165, 1.54) is 11.6 Å². The Kier molecular flexibility index (Phi) is 5.23. The van der Waals surface area contributed by atoms with Crippen LogP contribution in [-0.4, -0.2) is 14.8 Å². The highest BCUT2D eigenvalue weighted by molar-refractivity contribution is 7.26. The number of fused-ring (bicyclic) bond motifs is 3. The van der Waals surface area contributed by atoms with Gasteiger partial charge in [-0.3, -0.25) is 4.68 Å². The lowest BCUT2D eigenvalue weighted by atomic mass is 10.1. The lowest BCUT2D eigenvalue weighted by molar-refractivity contribution is 0.613. The molecular weight excluding hydrogens is 347 g/mol. The molecule has 0 unspecified atom stereocenters. The van der Waals surface area contributed by atoms with Gasteiger partial charge in [-0.05, 0) is 31.5 Å². The van der Waals surface area contributed by atoms with Crippen molar-refractivity contribution < 1.29 is 4.39 Å². The summed E-state index contributed by atoms with van der Waals surface area (Å²) >= 11 is 1.63. The highest BCUT2D eigenvalue weighted by atomic mass is 32.1. The fraction of sp³-hybridized carbons (Fsp3) is 0.300. The predicted molar refractivity (Wildman–Crippen MR) is 108 cm³/mol. The van der Waals surface area contributed by atoms with Crippen LogP contribution < -0.4 is 5.32 Å². The second-order valence-electron chi connectivity index (χ2n) is 5.96. The molecule has 0 aliphatic heterocycles. The van der Waals surface area contributed by atoms with E-state index >= 15 is 0 Å². The Bertz CT molecular complexity index is 1060. The lowest BCUT2D eigenvalue weighted by Gasteiger charge is -2.04. The van der Waals surface area contributed by atoms with E-state index < -0.39 is 0 Å². The molecule has 0 saturated heterocycles. The molecule has 6 heteroatoms. The van der Waals surface area contributed by atoms with Crippen LogP contribution in [0.4, 0.5) is 10.2 Å². The minimum Gasteiger partial charge on any atom is -0.363 e. The first-order chi connectivity index (χ1) is 12.5. The highest BCUT2D eigenvalue weighted by Crippen LogP contribution is 2.38. The van der Waals surface area contributed by atoms with Crippen LogP contribution in [0, 0.1) is 19.7 Å². The summed E-state index contributed by atoms with van der Waals surface area (Å²) in [6, 6.07) is 8.88. The number of halogens is 1. The molecule has 4 nitrogen and oxygen atoms in total. The van der Waals surface area contributed by atoms with Gasteiger partial charge in [0.15, 0.2) is 5.82 Å². The molecule has 26 heavy (non-hydrogen) atoms. The van der Waals surface area contributed by atoms with E-state index in [1.54, 1.807) is 23.5 Å². The number of rotatable bonds is 3. The highest BCUT2D eigenvalue weighted by Gasteiger charge is 2.18. The van der Waals surface area contributed by atoms with Crippen LogP contribution in [0.3, 0.4) is 0 Å². The number of hydrogen-bond acceptors (Lipinski definition) is 4. The zero-order valence-corrected chi connectivity index (χ0v) is 16.5. The van der Waals surface area contributed by atoms with Crippen LogP contribution in [-0.2, 0) is 13.6 Å². The molecule has 0 bridgehead atoms. The maximum absolute atomic E-state index is 13.8. The van der Waals surface area contributed by atoms with Crippen LogP contribution >= 0.6 is 11.3 Å². The quantitative estimate of drug-likeness (QED) is 0.512. The molecule has 0 spiro atoms. The van der Waals surface area contributed by atoms with Crippen molar-refractivity contribution in [2.24, 2.45) is 7.05 Å². The standard InChI is InChI=1S/C18H17FN4S.C2H6/c1-10-8-11(2)21-18-14(10)15-16(24-18)17(22-23(15)3)20-9-12-6-4-5-7-13(12)19;1-2/h4-8H,9H2,1-3H3,(H,20,22);1-2H3. The average molecular weight is 370 g/mol. The van der Waals surface area contributed by atoms with Crippen molar-refractivity contribution in [1.82, 2.24) is 14.8 Å². The van der Waals surface area contributed by atoms with Gasteiger partial charge in [0.1, 0.15) is 10.6 Å². The summed E-state index contributed by atoms with van der Waals surface area (Å²) in [5.74, 6) is 0.567. The van der Waals surface area contributed by atoms with Crippen LogP contribution in [0.15, 0.2) is 30.3 Å². The molecule has 0 atom stereocenters. The number of aryl methyl sites for hydroxylation is 3. The summed E-state index contributed by atoms with van der Waals surface area (Å²) < 4.78 is 16.7. The first-order valence-corrected chi connectivity index (χ1v) is 9.57. The van der Waals surface area contributed by atoms with Crippen molar-refractivity contribution in [2.45, 2.75) is 34.2 Å². The number of pyridine rings is 1. The van der Waals surface area contributed by atoms with Crippen LogP contribution in [0.5, 0.6) is 0 Å². The van der Waals surface area contributed by atoms with Gasteiger partial charge in [0.2, 0.25) is 0 Å². The Balaban J connectivity index is 0.000000948. The monoisotopic (exact) mass is 370 g/mol. The minimum atomic E-state index is -0.207. The van der Waals surface area contributed by atoms with Crippen molar-refractivity contribution in [2.75, 3.05) is 5.32 Å². The van der Waals surface area contributed by atoms with E-state index in [-0.39, 0.29) is 5.82 Å². The van der Waals surface area contributed by atoms with Crippen molar-refractivity contribution in [3.63, 3.8) is 0 Å². The number of anilines is 1. The summed E-state index contributed by atoms with van der Waals surface area (Å²) in [5, 5.41) is 8.99. The zero-order chi connectivity index (χ0) is 18.8. The van der Waals surface area contributed by atoms with Crippen molar-refractivity contribution in [3.8, 4) is 0 Å². The molecule has 1 aromatic carbocycles. The molecule has 3 heterocycles. The third-order valence-corrected chi connectivity index (χ3v) is 5.23. The Hall–Kier alpha value is -2.47. The minimum absolute atomic E-state index is 0.207. The predicted octanol–water partition coefficient (Wildman–Crippen LogP) is 5.58. The van der Waals surface area contributed by atoms with Crippen molar-refractivity contribution in [1.29, 1.82) is 0 Å². The number of nitrogens with one attached hydrogen (secondary N) is 1. The van der Waals surface area contributed by atoms with E-state index in [4.69, 9.17) is 0 Å². The number of aromatic nitrogens is 3. The Morgan fingerprint density at radius 3 is 2.65 bits per heavy atom. The summed E-state index contributed by atoms with van der Waals surface area (Å²) in [6.07, 6.45) is 0. The summed E-state index contributed by atoms with van der Waals surface area (Å²) in [6.45, 7) is 8.51. The number of benzene rings is 1. The molecule has 136 valence electrons. The molecule has 0 aliphatic carbocycles. The van der Waals surface area contributed by atoms with E-state index in [0.29, 0.717) is 12.1 Å².